The number of aliphatic hydroxyl groups is 5. The Balaban J connectivity index is 1.42. The Labute approximate surface area is 239 Å². The lowest BCUT2D eigenvalue weighted by molar-refractivity contribution is -0.297. The lowest BCUT2D eigenvalue weighted by Gasteiger charge is -2.67. The molecule has 6 rings (SSSR count). The summed E-state index contributed by atoms with van der Waals surface area (Å²) in [6.07, 6.45) is 1.66. The van der Waals surface area contributed by atoms with Crippen LogP contribution in [-0.2, 0) is 19.1 Å². The summed E-state index contributed by atoms with van der Waals surface area (Å²) >= 11 is 1.35. The van der Waals surface area contributed by atoms with Crippen LogP contribution in [0.15, 0.2) is 23.3 Å². The predicted octanol–water partition coefficient (Wildman–Crippen LogP) is 1.78. The van der Waals surface area contributed by atoms with Crippen molar-refractivity contribution in [3.05, 3.63) is 23.3 Å². The summed E-state index contributed by atoms with van der Waals surface area (Å²) in [5.74, 6) is -1.42. The molecule has 0 bridgehead atoms. The largest absolute Gasteiger partial charge is 0.455 e. The summed E-state index contributed by atoms with van der Waals surface area (Å²) in [6.45, 7) is 8.58. The minimum absolute atomic E-state index is 0.0864. The Morgan fingerprint density at radius 3 is 2.45 bits per heavy atom. The predicted molar refractivity (Wildman–Crippen MR) is 146 cm³/mol. The highest BCUT2D eigenvalue weighted by Gasteiger charge is 2.80. The molecule has 2 heterocycles. The first-order chi connectivity index (χ1) is 18.5. The fourth-order valence-electron chi connectivity index (χ4n) is 9.73. The van der Waals surface area contributed by atoms with E-state index in [2.05, 4.69) is 0 Å². The van der Waals surface area contributed by atoms with Crippen LogP contribution in [0.5, 0.6) is 0 Å². The molecular formula is C30H42O9S. The third-order valence-electron chi connectivity index (χ3n) is 12.6. The number of aliphatic hydroxyl groups excluding tert-OH is 1. The van der Waals surface area contributed by atoms with Gasteiger partial charge in [-0.1, -0.05) is 12.5 Å². The summed E-state index contributed by atoms with van der Waals surface area (Å²) in [4.78, 5) is 26.3. The van der Waals surface area contributed by atoms with E-state index in [1.54, 1.807) is 19.9 Å². The topological polar surface area (TPSA) is 154 Å². The molecule has 4 fully saturated rings. The molecule has 4 aliphatic carbocycles. The van der Waals surface area contributed by atoms with E-state index < -0.39 is 74.8 Å². The summed E-state index contributed by atoms with van der Waals surface area (Å²) in [7, 11) is 0. The van der Waals surface area contributed by atoms with Gasteiger partial charge >= 0.3 is 5.97 Å². The van der Waals surface area contributed by atoms with Gasteiger partial charge in [-0.15, -0.1) is 0 Å². The third-order valence-corrected chi connectivity index (χ3v) is 14.0. The second kappa shape index (κ2) is 8.65. The highest BCUT2D eigenvalue weighted by Crippen LogP contribution is 2.72. The van der Waals surface area contributed by atoms with Crippen molar-refractivity contribution in [3.63, 3.8) is 0 Å². The van der Waals surface area contributed by atoms with E-state index in [1.807, 2.05) is 13.8 Å². The number of thioether (sulfide) groups is 1. The molecular weight excluding hydrogens is 536 g/mol. The smallest absolute Gasteiger partial charge is 0.334 e. The zero-order valence-electron chi connectivity index (χ0n) is 23.8. The SMILES string of the molecule is CC1=C(C)C(=O)O[C@@H]([C@](C)(O)[C@@]2(O)CC[C@@]3(O)[C@@H]4C[C@@H]5SCC(O)O[C@H]6C=CC(=O)[C@](C)([C@H]4CC[C@]23C)C65O)C1. The van der Waals surface area contributed by atoms with Gasteiger partial charge in [-0.3, -0.25) is 4.79 Å². The molecule has 5 N–H and O–H groups in total. The summed E-state index contributed by atoms with van der Waals surface area (Å²) < 4.78 is 11.5. The third kappa shape index (κ3) is 3.16. The monoisotopic (exact) mass is 578 g/mol. The number of ketones is 1. The van der Waals surface area contributed by atoms with Gasteiger partial charge in [0.25, 0.3) is 0 Å². The normalized spacial score (nSPS) is 53.6. The maximum Gasteiger partial charge on any atom is 0.334 e. The van der Waals surface area contributed by atoms with E-state index in [9.17, 15) is 35.1 Å². The lowest BCUT2D eigenvalue weighted by atomic mass is 9.41. The average molecular weight is 579 g/mol. The number of hydrogen-bond acceptors (Lipinski definition) is 10. The van der Waals surface area contributed by atoms with Crippen molar-refractivity contribution >= 4 is 23.5 Å². The van der Waals surface area contributed by atoms with Crippen molar-refractivity contribution in [2.75, 3.05) is 5.75 Å². The van der Waals surface area contributed by atoms with E-state index in [0.717, 1.165) is 5.57 Å². The Kier molecular flexibility index (Phi) is 6.23. The van der Waals surface area contributed by atoms with Crippen LogP contribution in [0.1, 0.15) is 73.1 Å². The number of hydrogen-bond donors (Lipinski definition) is 5. The van der Waals surface area contributed by atoms with Crippen LogP contribution >= 0.6 is 11.8 Å². The summed E-state index contributed by atoms with van der Waals surface area (Å²) in [6, 6.07) is 0. The van der Waals surface area contributed by atoms with E-state index in [-0.39, 0.29) is 30.8 Å². The standard InChI is InChI=1S/C30H42O9S/c1-15-12-21(39-24(33)16(15)2)27(5,34)29(36)11-10-28(35)18-13-22-30(37)20(38-23(32)14-40-22)7-6-19(31)26(30,4)17(18)8-9-25(28,29)3/h6-7,17-18,20-23,32,34-37H,8-14H2,1-5H3/t17-,18+,20-,21+,22-,23?,25-,26-,27-,28+,29+,30?/m0/s1. The minimum atomic E-state index is -1.86. The van der Waals surface area contributed by atoms with Gasteiger partial charge in [0.05, 0.1) is 11.0 Å². The zero-order chi connectivity index (χ0) is 29.3. The average Bonchev–Trinajstić information content (AvgIpc) is 3.03. The van der Waals surface area contributed by atoms with Crippen molar-refractivity contribution < 1.29 is 44.6 Å². The first kappa shape index (κ1) is 28.8. The van der Waals surface area contributed by atoms with Gasteiger partial charge in [0.1, 0.15) is 29.0 Å². The number of rotatable bonds is 2. The second-order valence-corrected chi connectivity index (χ2v) is 15.1. The van der Waals surface area contributed by atoms with E-state index in [0.29, 0.717) is 24.8 Å². The van der Waals surface area contributed by atoms with Crippen molar-refractivity contribution in [3.8, 4) is 0 Å². The molecule has 40 heavy (non-hydrogen) atoms. The van der Waals surface area contributed by atoms with E-state index >= 15 is 0 Å². The molecule has 9 nitrogen and oxygen atoms in total. The molecule has 0 spiro atoms. The molecule has 1 saturated heterocycles. The molecule has 0 aromatic heterocycles. The molecule has 0 amide bonds. The molecule has 10 heteroatoms. The minimum Gasteiger partial charge on any atom is -0.455 e. The van der Waals surface area contributed by atoms with Gasteiger partial charge in [-0.2, -0.15) is 11.8 Å². The maximum atomic E-state index is 13.7. The van der Waals surface area contributed by atoms with Gasteiger partial charge < -0.3 is 35.0 Å². The molecule has 2 aliphatic heterocycles. The summed E-state index contributed by atoms with van der Waals surface area (Å²) in [5, 5.41) is 59.5. The fourth-order valence-corrected chi connectivity index (χ4v) is 11.2. The fraction of sp³-hybridized carbons (Fsp3) is 0.800. The van der Waals surface area contributed by atoms with Crippen LogP contribution in [0.25, 0.3) is 0 Å². The number of carbonyl (C=O) groups excluding carboxylic acids is 2. The molecule has 222 valence electrons. The number of carbonyl (C=O) groups is 2. The number of ether oxygens (including phenoxy) is 2. The Bertz CT molecular complexity index is 1210. The van der Waals surface area contributed by atoms with Gasteiger partial charge in [0, 0.05) is 28.4 Å². The first-order valence-corrected chi connectivity index (χ1v) is 15.5. The lowest BCUT2D eigenvalue weighted by Crippen LogP contribution is -2.77. The maximum absolute atomic E-state index is 13.7. The highest BCUT2D eigenvalue weighted by atomic mass is 32.2. The van der Waals surface area contributed by atoms with E-state index in [4.69, 9.17) is 9.47 Å². The quantitative estimate of drug-likeness (QED) is 0.306. The highest BCUT2D eigenvalue weighted by molar-refractivity contribution is 8.00. The molecule has 12 atom stereocenters. The Hall–Kier alpha value is -1.27. The van der Waals surface area contributed by atoms with Crippen LogP contribution in [0.3, 0.4) is 0 Å². The zero-order valence-corrected chi connectivity index (χ0v) is 24.7. The van der Waals surface area contributed by atoms with Crippen LogP contribution in [-0.4, -0.2) is 89.2 Å². The van der Waals surface area contributed by atoms with Crippen molar-refractivity contribution in [1.82, 2.24) is 0 Å². The molecule has 6 aliphatic rings. The molecule has 2 unspecified atom stereocenters. The Morgan fingerprint density at radius 1 is 1.07 bits per heavy atom. The van der Waals surface area contributed by atoms with Crippen LogP contribution in [0.4, 0.5) is 0 Å². The number of fused-ring (bicyclic) bond motifs is 4. The number of cyclic esters (lactones) is 1. The van der Waals surface area contributed by atoms with Crippen molar-refractivity contribution in [2.24, 2.45) is 22.7 Å². The number of allylic oxidation sites excluding steroid dienone is 1. The van der Waals surface area contributed by atoms with Gasteiger partial charge in [-0.05, 0) is 83.8 Å². The molecule has 3 saturated carbocycles. The van der Waals surface area contributed by atoms with Gasteiger partial charge in [0.2, 0.25) is 0 Å². The van der Waals surface area contributed by atoms with Crippen molar-refractivity contribution in [2.45, 2.75) is 119 Å². The van der Waals surface area contributed by atoms with E-state index in [1.165, 1.54) is 24.8 Å². The van der Waals surface area contributed by atoms with Crippen LogP contribution < -0.4 is 0 Å². The molecule has 0 radical (unpaired) electrons. The summed E-state index contributed by atoms with van der Waals surface area (Å²) in [5.41, 5.74) is -7.89. The molecule has 0 aromatic carbocycles. The van der Waals surface area contributed by atoms with Gasteiger partial charge in [-0.25, -0.2) is 4.79 Å². The van der Waals surface area contributed by atoms with Crippen LogP contribution in [0, 0.1) is 22.7 Å². The Morgan fingerprint density at radius 2 is 1.77 bits per heavy atom. The second-order valence-electron chi connectivity index (χ2n) is 13.8. The number of esters is 1. The van der Waals surface area contributed by atoms with Gasteiger partial charge in [0.15, 0.2) is 12.1 Å². The first-order valence-electron chi connectivity index (χ1n) is 14.4. The molecule has 0 aromatic rings. The van der Waals surface area contributed by atoms with Crippen LogP contribution in [0.2, 0.25) is 0 Å². The van der Waals surface area contributed by atoms with Crippen molar-refractivity contribution in [1.29, 1.82) is 0 Å².